The molecule has 0 unspecified atom stereocenters. The van der Waals surface area contributed by atoms with Crippen LogP contribution in [0.4, 0.5) is 0 Å². The van der Waals surface area contributed by atoms with Gasteiger partial charge in [0.25, 0.3) is 0 Å². The second kappa shape index (κ2) is 6.88. The van der Waals surface area contributed by atoms with Crippen LogP contribution in [-0.4, -0.2) is 66.2 Å². The molecular weight excluding hydrogens is 372 g/mol. The van der Waals surface area contributed by atoms with E-state index < -0.39 is 0 Å². The number of hydrogen-bond acceptors (Lipinski definition) is 4. The maximum atomic E-state index is 13.2. The van der Waals surface area contributed by atoms with Crippen molar-refractivity contribution >= 4 is 22.5 Å². The number of aliphatic imine (C=N–C) groups is 1. The Morgan fingerprint density at radius 3 is 2.70 bits per heavy atom. The highest BCUT2D eigenvalue weighted by Gasteiger charge is 2.55. The van der Waals surface area contributed by atoms with E-state index in [1.165, 1.54) is 35.3 Å². The highest BCUT2D eigenvalue weighted by Crippen LogP contribution is 2.53. The molecule has 0 bridgehead atoms. The molecule has 5 heteroatoms. The second-order valence-corrected chi connectivity index (χ2v) is 10.1. The van der Waals surface area contributed by atoms with Crippen molar-refractivity contribution < 1.29 is 4.79 Å². The fourth-order valence-electron chi connectivity index (χ4n) is 6.27. The van der Waals surface area contributed by atoms with Crippen molar-refractivity contribution in [2.45, 2.75) is 25.7 Å². The van der Waals surface area contributed by atoms with E-state index in [0.717, 1.165) is 49.8 Å². The molecular formula is C25H30N4O. The fraction of sp³-hybridized carbons (Fsp3) is 0.560. The number of aromatic nitrogens is 1. The van der Waals surface area contributed by atoms with Gasteiger partial charge in [-0.2, -0.15) is 0 Å². The molecule has 6 rings (SSSR count). The molecule has 2 saturated heterocycles. The Hall–Kier alpha value is -2.27. The number of hydrogen-bond donors (Lipinski definition) is 0. The maximum Gasteiger partial charge on any atom is 0.222 e. The standard InChI is InChI=1S/C25H30N4O/c1-15-8-16(12-29(11-15)24(30)9-20-21-13-28(2)14-22(20)21)17-5-6-19(23-10-27-23)25-18(17)4-3-7-26-25/h3-7,15-16,20-22H,8-14H2,1-2H3/t15-,16-,20-,21-,22+/m1/s1. The van der Waals surface area contributed by atoms with Gasteiger partial charge in [-0.1, -0.05) is 25.1 Å². The van der Waals surface area contributed by atoms with Gasteiger partial charge in [0.2, 0.25) is 5.91 Å². The van der Waals surface area contributed by atoms with Gasteiger partial charge in [-0.05, 0) is 48.8 Å². The molecule has 1 aromatic carbocycles. The summed E-state index contributed by atoms with van der Waals surface area (Å²) < 4.78 is 0. The predicted molar refractivity (Wildman–Crippen MR) is 119 cm³/mol. The van der Waals surface area contributed by atoms with Crippen LogP contribution in [0, 0.1) is 23.7 Å². The third-order valence-corrected chi connectivity index (χ3v) is 7.85. The van der Waals surface area contributed by atoms with Crippen LogP contribution in [0.25, 0.3) is 10.9 Å². The number of nitrogens with zero attached hydrogens (tertiary/aromatic N) is 4. The van der Waals surface area contributed by atoms with E-state index in [1.54, 1.807) is 0 Å². The third kappa shape index (κ3) is 3.15. The summed E-state index contributed by atoms with van der Waals surface area (Å²) in [5.41, 5.74) is 4.76. The minimum Gasteiger partial charge on any atom is -0.342 e. The van der Waals surface area contributed by atoms with Crippen LogP contribution in [0.5, 0.6) is 0 Å². The van der Waals surface area contributed by atoms with Crippen LogP contribution in [0.1, 0.15) is 36.8 Å². The number of carbonyl (C=O) groups is 1. The Balaban J connectivity index is 1.23. The minimum atomic E-state index is 0.375. The van der Waals surface area contributed by atoms with E-state index in [1.807, 2.05) is 12.3 Å². The summed E-state index contributed by atoms with van der Waals surface area (Å²) in [5, 5.41) is 1.23. The lowest BCUT2D eigenvalue weighted by atomic mass is 9.83. The Morgan fingerprint density at radius 1 is 1.13 bits per heavy atom. The smallest absolute Gasteiger partial charge is 0.222 e. The van der Waals surface area contributed by atoms with E-state index in [0.29, 0.717) is 23.7 Å². The summed E-state index contributed by atoms with van der Waals surface area (Å²) in [6.07, 6.45) is 3.76. The van der Waals surface area contributed by atoms with Crippen molar-refractivity contribution in [3.05, 3.63) is 41.6 Å². The highest BCUT2D eigenvalue weighted by atomic mass is 16.2. The highest BCUT2D eigenvalue weighted by molar-refractivity contribution is 6.17. The van der Waals surface area contributed by atoms with Crippen molar-refractivity contribution in [1.29, 1.82) is 0 Å². The quantitative estimate of drug-likeness (QED) is 0.789. The van der Waals surface area contributed by atoms with Gasteiger partial charge in [0.05, 0.1) is 17.8 Å². The number of carbonyl (C=O) groups excluding carboxylic acids is 1. The molecule has 1 amide bonds. The molecule has 30 heavy (non-hydrogen) atoms. The molecule has 0 radical (unpaired) electrons. The maximum absolute atomic E-state index is 13.2. The first-order chi connectivity index (χ1) is 14.6. The Kier molecular flexibility index (Phi) is 4.24. The van der Waals surface area contributed by atoms with Gasteiger partial charge in [-0.15, -0.1) is 0 Å². The van der Waals surface area contributed by atoms with Crippen LogP contribution >= 0.6 is 0 Å². The minimum absolute atomic E-state index is 0.375. The van der Waals surface area contributed by atoms with Crippen molar-refractivity contribution in [1.82, 2.24) is 14.8 Å². The molecule has 3 fully saturated rings. The number of fused-ring (bicyclic) bond motifs is 2. The van der Waals surface area contributed by atoms with Gasteiger partial charge in [-0.3, -0.25) is 14.8 Å². The van der Waals surface area contributed by atoms with Gasteiger partial charge in [0.15, 0.2) is 0 Å². The fourth-order valence-corrected chi connectivity index (χ4v) is 6.27. The van der Waals surface area contributed by atoms with Crippen LogP contribution in [0.2, 0.25) is 0 Å². The lowest BCUT2D eigenvalue weighted by molar-refractivity contribution is -0.133. The lowest BCUT2D eigenvalue weighted by Crippen LogP contribution is -2.43. The zero-order valence-corrected chi connectivity index (χ0v) is 17.9. The first-order valence-corrected chi connectivity index (χ1v) is 11.5. The number of likely N-dealkylation sites (tertiary alicyclic amines) is 2. The van der Waals surface area contributed by atoms with Crippen molar-refractivity contribution in [2.75, 3.05) is 39.8 Å². The monoisotopic (exact) mass is 402 g/mol. The van der Waals surface area contributed by atoms with E-state index >= 15 is 0 Å². The topological polar surface area (TPSA) is 48.8 Å². The second-order valence-electron chi connectivity index (χ2n) is 10.1. The molecule has 156 valence electrons. The van der Waals surface area contributed by atoms with Crippen molar-refractivity contribution in [2.24, 2.45) is 28.7 Å². The largest absolute Gasteiger partial charge is 0.342 e. The number of amides is 1. The average molecular weight is 403 g/mol. The van der Waals surface area contributed by atoms with E-state index in [2.05, 4.69) is 47.0 Å². The van der Waals surface area contributed by atoms with Crippen LogP contribution in [-0.2, 0) is 4.79 Å². The molecule has 1 saturated carbocycles. The van der Waals surface area contributed by atoms with Crippen LogP contribution in [0.15, 0.2) is 35.5 Å². The first kappa shape index (κ1) is 18.5. The Bertz CT molecular complexity index is 1030. The van der Waals surface area contributed by atoms with E-state index in [9.17, 15) is 4.79 Å². The van der Waals surface area contributed by atoms with E-state index in [4.69, 9.17) is 4.98 Å². The summed E-state index contributed by atoms with van der Waals surface area (Å²) >= 11 is 0. The summed E-state index contributed by atoms with van der Waals surface area (Å²) in [6, 6.07) is 8.69. The molecule has 5 atom stereocenters. The number of pyridine rings is 1. The third-order valence-electron chi connectivity index (χ3n) is 7.85. The van der Waals surface area contributed by atoms with Gasteiger partial charge in [-0.25, -0.2) is 0 Å². The summed E-state index contributed by atoms with van der Waals surface area (Å²) in [6.45, 7) is 7.24. The summed E-state index contributed by atoms with van der Waals surface area (Å²) in [4.78, 5) is 26.8. The number of benzene rings is 1. The molecule has 1 aromatic heterocycles. The lowest BCUT2D eigenvalue weighted by Gasteiger charge is -2.37. The Labute approximate surface area is 178 Å². The molecule has 0 N–H and O–H groups in total. The first-order valence-electron chi connectivity index (χ1n) is 11.5. The molecule has 4 heterocycles. The zero-order valence-electron chi connectivity index (χ0n) is 17.9. The Morgan fingerprint density at radius 2 is 1.93 bits per heavy atom. The number of rotatable bonds is 4. The van der Waals surface area contributed by atoms with Gasteiger partial charge < -0.3 is 9.80 Å². The molecule has 0 spiro atoms. The van der Waals surface area contributed by atoms with Crippen LogP contribution in [0.3, 0.4) is 0 Å². The molecule has 1 aliphatic carbocycles. The predicted octanol–water partition coefficient (Wildman–Crippen LogP) is 3.19. The van der Waals surface area contributed by atoms with Crippen molar-refractivity contribution in [3.63, 3.8) is 0 Å². The van der Waals surface area contributed by atoms with Gasteiger partial charge in [0, 0.05) is 55.7 Å². The average Bonchev–Trinajstić information content (AvgIpc) is 3.65. The van der Waals surface area contributed by atoms with Gasteiger partial charge >= 0.3 is 0 Å². The number of piperidine rings is 2. The summed E-state index contributed by atoms with van der Waals surface area (Å²) in [7, 11) is 2.20. The summed E-state index contributed by atoms with van der Waals surface area (Å²) in [5.74, 6) is 3.45. The zero-order chi connectivity index (χ0) is 20.4. The molecule has 2 aromatic rings. The molecule has 4 aliphatic rings. The van der Waals surface area contributed by atoms with Crippen molar-refractivity contribution in [3.8, 4) is 0 Å². The molecule has 3 aliphatic heterocycles. The van der Waals surface area contributed by atoms with E-state index in [-0.39, 0.29) is 0 Å². The van der Waals surface area contributed by atoms with Crippen LogP contribution < -0.4 is 0 Å². The SMILES string of the molecule is C[C@@H]1C[C@@H](c2ccc(C3=NC3)c3ncccc23)CN(C(=O)C[C@@H]2[C@H]3CN(C)C[C@@H]23)C1. The van der Waals surface area contributed by atoms with Gasteiger partial charge in [0.1, 0.15) is 0 Å². The normalized spacial score (nSPS) is 32.8. The molecule has 5 nitrogen and oxygen atoms in total.